The van der Waals surface area contributed by atoms with Crippen LogP contribution in [-0.4, -0.2) is 6.61 Å². The molecule has 0 aliphatic carbocycles. The van der Waals surface area contributed by atoms with Crippen LogP contribution in [0.3, 0.4) is 0 Å². The molecule has 90 valence electrons. The van der Waals surface area contributed by atoms with Gasteiger partial charge >= 0.3 is 0 Å². The summed E-state index contributed by atoms with van der Waals surface area (Å²) >= 11 is 1.69. The van der Waals surface area contributed by atoms with E-state index in [1.165, 1.54) is 4.88 Å². The molecular formula is C14H17NOS. The molecule has 0 fully saturated rings. The molecule has 0 bridgehead atoms. The van der Waals surface area contributed by atoms with Crippen molar-refractivity contribution in [2.24, 2.45) is 5.73 Å². The monoisotopic (exact) mass is 247 g/mol. The van der Waals surface area contributed by atoms with E-state index >= 15 is 0 Å². The van der Waals surface area contributed by atoms with E-state index in [1.807, 2.05) is 35.7 Å². The third-order valence-electron chi connectivity index (χ3n) is 2.56. The number of hydrogen-bond donors (Lipinski definition) is 1. The number of benzene rings is 1. The molecule has 1 aromatic carbocycles. The van der Waals surface area contributed by atoms with Gasteiger partial charge in [0.15, 0.2) is 0 Å². The first kappa shape index (κ1) is 12.1. The Bertz CT molecular complexity index is 436. The zero-order valence-electron chi connectivity index (χ0n) is 9.93. The standard InChI is InChI=1S/C14H17NOS/c1-2-9-16-12-7-5-11(6-8-12)14(15)13-4-3-10-17-13/h3-8,10,14H,2,9,15H2,1H3. The van der Waals surface area contributed by atoms with Gasteiger partial charge in [0.25, 0.3) is 0 Å². The summed E-state index contributed by atoms with van der Waals surface area (Å²) in [5.41, 5.74) is 7.30. The Morgan fingerprint density at radius 2 is 2.00 bits per heavy atom. The quantitative estimate of drug-likeness (QED) is 0.876. The normalized spacial score (nSPS) is 12.4. The van der Waals surface area contributed by atoms with Gasteiger partial charge in [-0.1, -0.05) is 25.1 Å². The van der Waals surface area contributed by atoms with Crippen LogP contribution in [0.25, 0.3) is 0 Å². The maximum atomic E-state index is 6.18. The fourth-order valence-corrected chi connectivity index (χ4v) is 2.38. The summed E-state index contributed by atoms with van der Waals surface area (Å²) in [6.45, 7) is 2.86. The lowest BCUT2D eigenvalue weighted by molar-refractivity contribution is 0.317. The van der Waals surface area contributed by atoms with Crippen LogP contribution in [0.5, 0.6) is 5.75 Å². The molecular weight excluding hydrogens is 230 g/mol. The molecule has 0 spiro atoms. The van der Waals surface area contributed by atoms with Crippen LogP contribution in [0, 0.1) is 0 Å². The second kappa shape index (κ2) is 5.84. The highest BCUT2D eigenvalue weighted by atomic mass is 32.1. The molecule has 2 rings (SSSR count). The Balaban J connectivity index is 2.07. The number of hydrogen-bond acceptors (Lipinski definition) is 3. The fourth-order valence-electron chi connectivity index (χ4n) is 1.62. The van der Waals surface area contributed by atoms with Crippen molar-refractivity contribution in [3.63, 3.8) is 0 Å². The Labute approximate surface area is 106 Å². The van der Waals surface area contributed by atoms with Crippen LogP contribution in [0.2, 0.25) is 0 Å². The van der Waals surface area contributed by atoms with Gasteiger partial charge in [-0.3, -0.25) is 0 Å². The summed E-state index contributed by atoms with van der Waals surface area (Å²) in [7, 11) is 0. The fraction of sp³-hybridized carbons (Fsp3) is 0.286. The van der Waals surface area contributed by atoms with Crippen LogP contribution >= 0.6 is 11.3 Å². The van der Waals surface area contributed by atoms with Gasteiger partial charge in [0.2, 0.25) is 0 Å². The highest BCUT2D eigenvalue weighted by Gasteiger charge is 2.09. The van der Waals surface area contributed by atoms with Crippen LogP contribution in [0.4, 0.5) is 0 Å². The summed E-state index contributed by atoms with van der Waals surface area (Å²) in [6.07, 6.45) is 1.02. The molecule has 1 unspecified atom stereocenters. The maximum absolute atomic E-state index is 6.18. The average molecular weight is 247 g/mol. The zero-order chi connectivity index (χ0) is 12.1. The third kappa shape index (κ3) is 3.08. The van der Waals surface area contributed by atoms with Gasteiger partial charge in [0.05, 0.1) is 12.6 Å². The topological polar surface area (TPSA) is 35.2 Å². The van der Waals surface area contributed by atoms with E-state index < -0.39 is 0 Å². The summed E-state index contributed by atoms with van der Waals surface area (Å²) < 4.78 is 5.54. The lowest BCUT2D eigenvalue weighted by Gasteiger charge is -2.11. The van der Waals surface area contributed by atoms with E-state index in [0.29, 0.717) is 0 Å². The number of ether oxygens (including phenoxy) is 1. The first-order chi connectivity index (χ1) is 8.31. The number of nitrogens with two attached hydrogens (primary N) is 1. The van der Waals surface area contributed by atoms with Gasteiger partial charge in [0.1, 0.15) is 5.75 Å². The molecule has 1 heterocycles. The van der Waals surface area contributed by atoms with Gasteiger partial charge < -0.3 is 10.5 Å². The predicted octanol–water partition coefficient (Wildman–Crippen LogP) is 3.59. The predicted molar refractivity (Wildman–Crippen MR) is 72.6 cm³/mol. The van der Waals surface area contributed by atoms with Crippen molar-refractivity contribution in [3.05, 3.63) is 52.2 Å². The summed E-state index contributed by atoms with van der Waals surface area (Å²) in [5, 5.41) is 2.05. The van der Waals surface area contributed by atoms with Crippen LogP contribution in [0.15, 0.2) is 41.8 Å². The van der Waals surface area contributed by atoms with Crippen LogP contribution in [0.1, 0.15) is 29.8 Å². The van der Waals surface area contributed by atoms with Crippen LogP contribution in [-0.2, 0) is 0 Å². The second-order valence-electron chi connectivity index (χ2n) is 3.91. The Kier molecular flexibility index (Phi) is 4.18. The van der Waals surface area contributed by atoms with E-state index in [2.05, 4.69) is 13.0 Å². The Morgan fingerprint density at radius 1 is 1.24 bits per heavy atom. The van der Waals surface area contributed by atoms with Crippen molar-refractivity contribution in [2.75, 3.05) is 6.61 Å². The molecule has 2 nitrogen and oxygen atoms in total. The molecule has 17 heavy (non-hydrogen) atoms. The number of rotatable bonds is 5. The molecule has 0 saturated carbocycles. The van der Waals surface area contributed by atoms with Crippen molar-refractivity contribution in [3.8, 4) is 5.75 Å². The molecule has 2 aromatic rings. The largest absolute Gasteiger partial charge is 0.494 e. The molecule has 0 saturated heterocycles. The third-order valence-corrected chi connectivity index (χ3v) is 3.52. The Morgan fingerprint density at radius 3 is 2.59 bits per heavy atom. The highest BCUT2D eigenvalue weighted by Crippen LogP contribution is 2.25. The molecule has 1 atom stereocenters. The van der Waals surface area contributed by atoms with E-state index in [4.69, 9.17) is 10.5 Å². The summed E-state index contributed by atoms with van der Waals surface area (Å²) in [6, 6.07) is 12.1. The lowest BCUT2D eigenvalue weighted by Crippen LogP contribution is -2.09. The van der Waals surface area contributed by atoms with Gasteiger partial charge in [-0.25, -0.2) is 0 Å². The molecule has 0 aliphatic heterocycles. The van der Waals surface area contributed by atoms with E-state index in [0.717, 1.165) is 24.3 Å². The minimum absolute atomic E-state index is 0.0322. The second-order valence-corrected chi connectivity index (χ2v) is 4.89. The van der Waals surface area contributed by atoms with E-state index in [9.17, 15) is 0 Å². The van der Waals surface area contributed by atoms with E-state index in [-0.39, 0.29) is 6.04 Å². The van der Waals surface area contributed by atoms with Crippen molar-refractivity contribution in [1.82, 2.24) is 0 Å². The van der Waals surface area contributed by atoms with Crippen LogP contribution < -0.4 is 10.5 Å². The minimum atomic E-state index is -0.0322. The lowest BCUT2D eigenvalue weighted by atomic mass is 10.1. The average Bonchev–Trinajstić information content (AvgIpc) is 2.90. The van der Waals surface area contributed by atoms with Crippen molar-refractivity contribution < 1.29 is 4.74 Å². The molecule has 0 amide bonds. The first-order valence-electron chi connectivity index (χ1n) is 5.83. The molecule has 2 N–H and O–H groups in total. The SMILES string of the molecule is CCCOc1ccc(C(N)c2cccs2)cc1. The van der Waals surface area contributed by atoms with E-state index in [1.54, 1.807) is 11.3 Å². The van der Waals surface area contributed by atoms with Gasteiger partial charge in [-0.15, -0.1) is 11.3 Å². The van der Waals surface area contributed by atoms with Gasteiger partial charge in [-0.2, -0.15) is 0 Å². The first-order valence-corrected chi connectivity index (χ1v) is 6.71. The van der Waals surface area contributed by atoms with Crippen molar-refractivity contribution in [1.29, 1.82) is 0 Å². The minimum Gasteiger partial charge on any atom is -0.494 e. The number of thiophene rings is 1. The molecule has 1 aromatic heterocycles. The smallest absolute Gasteiger partial charge is 0.119 e. The van der Waals surface area contributed by atoms with Gasteiger partial charge in [-0.05, 0) is 35.6 Å². The molecule has 0 aliphatic rings. The highest BCUT2D eigenvalue weighted by molar-refractivity contribution is 7.10. The van der Waals surface area contributed by atoms with Gasteiger partial charge in [0, 0.05) is 4.88 Å². The zero-order valence-corrected chi connectivity index (χ0v) is 10.7. The summed E-state index contributed by atoms with van der Waals surface area (Å²) in [5.74, 6) is 0.911. The summed E-state index contributed by atoms with van der Waals surface area (Å²) in [4.78, 5) is 1.19. The van der Waals surface area contributed by atoms with Crippen molar-refractivity contribution in [2.45, 2.75) is 19.4 Å². The molecule has 3 heteroatoms. The maximum Gasteiger partial charge on any atom is 0.119 e. The molecule has 0 radical (unpaired) electrons. The van der Waals surface area contributed by atoms with Crippen molar-refractivity contribution >= 4 is 11.3 Å². The Hall–Kier alpha value is -1.32.